The van der Waals surface area contributed by atoms with Crippen LogP contribution in [0.1, 0.15) is 36.5 Å². The van der Waals surface area contributed by atoms with Crippen LogP contribution < -0.4 is 9.47 Å². The Kier molecular flexibility index (Phi) is 5.49. The average Bonchev–Trinajstić information content (AvgIpc) is 3.02. The van der Waals surface area contributed by atoms with Crippen LogP contribution in [0.25, 0.3) is 0 Å². The number of nitrogens with zero attached hydrogens (tertiary/aromatic N) is 1. The van der Waals surface area contributed by atoms with E-state index in [4.69, 9.17) is 18.9 Å². The zero-order valence-electron chi connectivity index (χ0n) is 15.2. The van der Waals surface area contributed by atoms with Crippen molar-refractivity contribution in [2.24, 2.45) is 0 Å². The van der Waals surface area contributed by atoms with Crippen LogP contribution in [0.15, 0.2) is 18.2 Å². The normalized spacial score (nSPS) is 26.0. The SMILES string of the molecule is CCOC1COC2(CCCN(C(=O)c3ccc(OC)cc3OC)C2)C1. The number of rotatable bonds is 5. The molecule has 0 bridgehead atoms. The van der Waals surface area contributed by atoms with Gasteiger partial charge in [0, 0.05) is 25.6 Å². The first-order chi connectivity index (χ1) is 12.1. The maximum absolute atomic E-state index is 13.0. The molecule has 0 aliphatic carbocycles. The second kappa shape index (κ2) is 7.62. The van der Waals surface area contributed by atoms with Crippen molar-refractivity contribution in [3.8, 4) is 11.5 Å². The van der Waals surface area contributed by atoms with E-state index in [0.717, 1.165) is 25.8 Å². The molecule has 2 atom stereocenters. The lowest BCUT2D eigenvalue weighted by molar-refractivity contribution is -0.0463. The molecule has 2 unspecified atom stereocenters. The predicted molar refractivity (Wildman–Crippen MR) is 93.4 cm³/mol. The first-order valence-electron chi connectivity index (χ1n) is 8.87. The van der Waals surface area contributed by atoms with Gasteiger partial charge in [-0.25, -0.2) is 0 Å². The summed E-state index contributed by atoms with van der Waals surface area (Å²) >= 11 is 0. The Morgan fingerprint density at radius 3 is 2.92 bits per heavy atom. The molecule has 0 radical (unpaired) electrons. The van der Waals surface area contributed by atoms with E-state index >= 15 is 0 Å². The maximum atomic E-state index is 13.0. The van der Waals surface area contributed by atoms with Gasteiger partial charge < -0.3 is 23.8 Å². The fourth-order valence-corrected chi connectivity index (χ4v) is 3.85. The molecule has 25 heavy (non-hydrogen) atoms. The minimum absolute atomic E-state index is 0.0259. The van der Waals surface area contributed by atoms with Crippen molar-refractivity contribution in [1.29, 1.82) is 0 Å². The minimum Gasteiger partial charge on any atom is -0.497 e. The van der Waals surface area contributed by atoms with Gasteiger partial charge >= 0.3 is 0 Å². The monoisotopic (exact) mass is 349 g/mol. The number of carbonyl (C=O) groups is 1. The smallest absolute Gasteiger partial charge is 0.257 e. The third-order valence-corrected chi connectivity index (χ3v) is 5.04. The fraction of sp³-hybridized carbons (Fsp3) is 0.632. The van der Waals surface area contributed by atoms with E-state index < -0.39 is 0 Å². The van der Waals surface area contributed by atoms with Crippen LogP contribution in [0.4, 0.5) is 0 Å². The van der Waals surface area contributed by atoms with Crippen molar-refractivity contribution in [3.63, 3.8) is 0 Å². The van der Waals surface area contributed by atoms with Crippen molar-refractivity contribution in [2.75, 3.05) is 40.5 Å². The highest BCUT2D eigenvalue weighted by Gasteiger charge is 2.45. The number of likely N-dealkylation sites (tertiary alicyclic amines) is 1. The lowest BCUT2D eigenvalue weighted by Crippen LogP contribution is -2.50. The van der Waals surface area contributed by atoms with Crippen LogP contribution in [0.2, 0.25) is 0 Å². The Hall–Kier alpha value is -1.79. The molecule has 1 spiro atoms. The highest BCUT2D eigenvalue weighted by Crippen LogP contribution is 2.37. The van der Waals surface area contributed by atoms with Crippen LogP contribution in [0.5, 0.6) is 11.5 Å². The Labute approximate surface area is 149 Å². The highest BCUT2D eigenvalue weighted by molar-refractivity contribution is 5.97. The molecule has 2 saturated heterocycles. The fourth-order valence-electron chi connectivity index (χ4n) is 3.85. The molecule has 2 aliphatic heterocycles. The number of benzene rings is 1. The van der Waals surface area contributed by atoms with Gasteiger partial charge in [0.1, 0.15) is 11.5 Å². The molecule has 0 aromatic heterocycles. The summed E-state index contributed by atoms with van der Waals surface area (Å²) in [4.78, 5) is 14.9. The van der Waals surface area contributed by atoms with Crippen LogP contribution in [0.3, 0.4) is 0 Å². The maximum Gasteiger partial charge on any atom is 0.257 e. The number of ether oxygens (including phenoxy) is 4. The summed E-state index contributed by atoms with van der Waals surface area (Å²) in [6.07, 6.45) is 2.89. The average molecular weight is 349 g/mol. The molecule has 2 fully saturated rings. The van der Waals surface area contributed by atoms with Gasteiger partial charge in [-0.3, -0.25) is 4.79 Å². The molecule has 138 valence electrons. The van der Waals surface area contributed by atoms with Crippen molar-refractivity contribution < 1.29 is 23.7 Å². The van der Waals surface area contributed by atoms with E-state index in [1.165, 1.54) is 0 Å². The van der Waals surface area contributed by atoms with Crippen molar-refractivity contribution in [1.82, 2.24) is 4.90 Å². The summed E-state index contributed by atoms with van der Waals surface area (Å²) in [5.74, 6) is 1.17. The van der Waals surface area contributed by atoms with Crippen LogP contribution in [0, 0.1) is 0 Å². The third kappa shape index (κ3) is 3.75. The molecule has 1 amide bonds. The lowest BCUT2D eigenvalue weighted by atomic mass is 9.89. The van der Waals surface area contributed by atoms with Crippen molar-refractivity contribution in [2.45, 2.75) is 37.9 Å². The molecular weight excluding hydrogens is 322 g/mol. The van der Waals surface area contributed by atoms with E-state index in [1.807, 2.05) is 11.8 Å². The van der Waals surface area contributed by atoms with E-state index in [1.54, 1.807) is 32.4 Å². The van der Waals surface area contributed by atoms with Gasteiger partial charge in [0.05, 0.1) is 44.6 Å². The van der Waals surface area contributed by atoms with Gasteiger partial charge in [0.15, 0.2) is 0 Å². The van der Waals surface area contributed by atoms with E-state index in [-0.39, 0.29) is 17.6 Å². The third-order valence-electron chi connectivity index (χ3n) is 5.04. The lowest BCUT2D eigenvalue weighted by Gasteiger charge is -2.39. The quantitative estimate of drug-likeness (QED) is 0.817. The molecule has 2 aliphatic rings. The molecule has 1 aromatic rings. The van der Waals surface area contributed by atoms with Crippen molar-refractivity contribution in [3.05, 3.63) is 23.8 Å². The second-order valence-electron chi connectivity index (χ2n) is 6.67. The number of amides is 1. The largest absolute Gasteiger partial charge is 0.497 e. The minimum atomic E-state index is -0.270. The van der Waals surface area contributed by atoms with Crippen LogP contribution in [-0.2, 0) is 9.47 Å². The Morgan fingerprint density at radius 2 is 2.20 bits per heavy atom. The van der Waals surface area contributed by atoms with E-state index in [0.29, 0.717) is 36.8 Å². The topological polar surface area (TPSA) is 57.2 Å². The molecule has 6 nitrogen and oxygen atoms in total. The summed E-state index contributed by atoms with van der Waals surface area (Å²) in [6, 6.07) is 5.29. The molecule has 3 rings (SSSR count). The number of piperidine rings is 1. The summed E-state index contributed by atoms with van der Waals surface area (Å²) in [5, 5.41) is 0. The Morgan fingerprint density at radius 1 is 1.36 bits per heavy atom. The van der Waals surface area contributed by atoms with Gasteiger partial charge in [0.25, 0.3) is 5.91 Å². The number of hydrogen-bond donors (Lipinski definition) is 0. The molecule has 6 heteroatoms. The zero-order chi connectivity index (χ0) is 17.9. The highest BCUT2D eigenvalue weighted by atomic mass is 16.6. The van der Waals surface area contributed by atoms with Crippen LogP contribution in [-0.4, -0.2) is 63.0 Å². The van der Waals surface area contributed by atoms with Crippen molar-refractivity contribution >= 4 is 5.91 Å². The second-order valence-corrected chi connectivity index (χ2v) is 6.67. The summed E-state index contributed by atoms with van der Waals surface area (Å²) in [5.41, 5.74) is 0.285. The molecule has 0 N–H and O–H groups in total. The van der Waals surface area contributed by atoms with Gasteiger partial charge in [0.2, 0.25) is 0 Å². The molecule has 0 saturated carbocycles. The Balaban J connectivity index is 1.74. The molecule has 2 heterocycles. The first kappa shape index (κ1) is 18.0. The van der Waals surface area contributed by atoms with E-state index in [9.17, 15) is 4.79 Å². The van der Waals surface area contributed by atoms with Gasteiger partial charge in [-0.05, 0) is 31.9 Å². The molecule has 1 aromatic carbocycles. The number of methoxy groups -OCH3 is 2. The Bertz CT molecular complexity index is 620. The summed E-state index contributed by atoms with van der Waals surface area (Å²) in [6.45, 7) is 4.64. The zero-order valence-corrected chi connectivity index (χ0v) is 15.2. The van der Waals surface area contributed by atoms with Gasteiger partial charge in [-0.2, -0.15) is 0 Å². The van der Waals surface area contributed by atoms with E-state index in [2.05, 4.69) is 0 Å². The predicted octanol–water partition coefficient (Wildman–Crippen LogP) is 2.50. The number of carbonyl (C=O) groups excluding carboxylic acids is 1. The standard InChI is InChI=1S/C19H27NO5/c1-4-24-15-11-19(25-12-15)8-5-9-20(13-19)18(21)16-7-6-14(22-2)10-17(16)23-3/h6-7,10,15H,4-5,8-9,11-13H2,1-3H3. The number of hydrogen-bond acceptors (Lipinski definition) is 5. The first-order valence-corrected chi connectivity index (χ1v) is 8.87. The summed E-state index contributed by atoms with van der Waals surface area (Å²) in [7, 11) is 3.16. The summed E-state index contributed by atoms with van der Waals surface area (Å²) < 4.78 is 22.4. The van der Waals surface area contributed by atoms with Gasteiger partial charge in [-0.1, -0.05) is 0 Å². The van der Waals surface area contributed by atoms with Crippen LogP contribution >= 0.6 is 0 Å². The molecular formula is C19H27NO5. The van der Waals surface area contributed by atoms with Gasteiger partial charge in [-0.15, -0.1) is 0 Å².